The van der Waals surface area contributed by atoms with Gasteiger partial charge in [0.25, 0.3) is 5.91 Å². The van der Waals surface area contributed by atoms with Crippen LogP contribution in [0.25, 0.3) is 0 Å². The predicted octanol–water partition coefficient (Wildman–Crippen LogP) is 2.62. The summed E-state index contributed by atoms with van der Waals surface area (Å²) in [5.74, 6) is -1.79. The number of halogens is 1. The van der Waals surface area contributed by atoms with Gasteiger partial charge in [-0.1, -0.05) is 11.6 Å². The summed E-state index contributed by atoms with van der Waals surface area (Å²) >= 11 is 6.81. The molecule has 20 heavy (non-hydrogen) atoms. The maximum absolute atomic E-state index is 11.9. The highest BCUT2D eigenvalue weighted by Crippen LogP contribution is 2.23. The van der Waals surface area contributed by atoms with E-state index in [-0.39, 0.29) is 21.4 Å². The SMILES string of the molecule is N#Cc1ccc(Cl)c(NC(=O)c2nc(C(=O)O)cs2)c1. The lowest BCUT2D eigenvalue weighted by atomic mass is 10.2. The van der Waals surface area contributed by atoms with Gasteiger partial charge in [-0.05, 0) is 18.2 Å². The molecule has 0 radical (unpaired) electrons. The van der Waals surface area contributed by atoms with Gasteiger partial charge in [0.1, 0.15) is 0 Å². The van der Waals surface area contributed by atoms with Crippen molar-refractivity contribution in [3.8, 4) is 6.07 Å². The summed E-state index contributed by atoms with van der Waals surface area (Å²) in [4.78, 5) is 26.3. The van der Waals surface area contributed by atoms with Crippen LogP contribution in [0.2, 0.25) is 5.02 Å². The predicted molar refractivity (Wildman–Crippen MR) is 73.2 cm³/mol. The highest BCUT2D eigenvalue weighted by atomic mass is 35.5. The average molecular weight is 308 g/mol. The number of hydrogen-bond acceptors (Lipinski definition) is 5. The van der Waals surface area contributed by atoms with Gasteiger partial charge in [-0.2, -0.15) is 5.26 Å². The molecule has 0 atom stereocenters. The topological polar surface area (TPSA) is 103 Å². The summed E-state index contributed by atoms with van der Waals surface area (Å²) in [7, 11) is 0. The quantitative estimate of drug-likeness (QED) is 0.907. The number of anilines is 1. The minimum atomic E-state index is -1.20. The number of carboxylic acid groups (broad SMARTS) is 1. The Bertz CT molecular complexity index is 736. The van der Waals surface area contributed by atoms with Gasteiger partial charge in [-0.15, -0.1) is 11.3 Å². The Morgan fingerprint density at radius 1 is 1.45 bits per heavy atom. The van der Waals surface area contributed by atoms with Crippen molar-refractivity contribution in [1.82, 2.24) is 4.98 Å². The summed E-state index contributed by atoms with van der Waals surface area (Å²) in [5, 5.41) is 21.6. The monoisotopic (exact) mass is 307 g/mol. The second-order valence-corrected chi connectivity index (χ2v) is 4.87. The standard InChI is InChI=1S/C12H6ClN3O3S/c13-7-2-1-6(4-14)3-8(7)15-10(17)11-16-9(5-20-11)12(18)19/h1-3,5H,(H,15,17)(H,18,19). The Kier molecular flexibility index (Phi) is 3.98. The number of nitrogens with zero attached hydrogens (tertiary/aromatic N) is 2. The smallest absolute Gasteiger partial charge is 0.355 e. The van der Waals surface area contributed by atoms with E-state index < -0.39 is 11.9 Å². The van der Waals surface area contributed by atoms with E-state index in [9.17, 15) is 9.59 Å². The number of thiazole rings is 1. The molecule has 0 unspecified atom stereocenters. The lowest BCUT2D eigenvalue weighted by Crippen LogP contribution is -2.12. The lowest BCUT2D eigenvalue weighted by molar-refractivity contribution is 0.0691. The fourth-order valence-corrected chi connectivity index (χ4v) is 2.19. The van der Waals surface area contributed by atoms with Crippen LogP contribution in [-0.2, 0) is 0 Å². The number of benzene rings is 1. The van der Waals surface area contributed by atoms with Crippen LogP contribution in [0.1, 0.15) is 25.9 Å². The number of aromatic nitrogens is 1. The van der Waals surface area contributed by atoms with Crippen molar-refractivity contribution in [3.63, 3.8) is 0 Å². The van der Waals surface area contributed by atoms with Crippen molar-refractivity contribution in [1.29, 1.82) is 5.26 Å². The van der Waals surface area contributed by atoms with E-state index in [1.54, 1.807) is 0 Å². The highest BCUT2D eigenvalue weighted by molar-refractivity contribution is 7.12. The van der Waals surface area contributed by atoms with E-state index in [1.807, 2.05) is 6.07 Å². The molecule has 8 heteroatoms. The van der Waals surface area contributed by atoms with E-state index in [4.69, 9.17) is 22.0 Å². The molecule has 0 aliphatic rings. The van der Waals surface area contributed by atoms with Crippen LogP contribution >= 0.6 is 22.9 Å². The number of aromatic carboxylic acids is 1. The Labute approximate surface area is 122 Å². The van der Waals surface area contributed by atoms with Crippen LogP contribution in [0, 0.1) is 11.3 Å². The molecule has 2 rings (SSSR count). The normalized spacial score (nSPS) is 9.80. The van der Waals surface area contributed by atoms with Crippen molar-refractivity contribution >= 4 is 40.5 Å². The van der Waals surface area contributed by atoms with Gasteiger partial charge in [0, 0.05) is 5.38 Å². The molecule has 100 valence electrons. The van der Waals surface area contributed by atoms with Gasteiger partial charge in [0.2, 0.25) is 0 Å². The van der Waals surface area contributed by atoms with Gasteiger partial charge < -0.3 is 10.4 Å². The summed E-state index contributed by atoms with van der Waals surface area (Å²) in [6.45, 7) is 0. The molecule has 1 amide bonds. The van der Waals surface area contributed by atoms with Gasteiger partial charge in [-0.25, -0.2) is 9.78 Å². The molecule has 1 heterocycles. The Hall–Kier alpha value is -2.43. The molecule has 0 spiro atoms. The first-order valence-electron chi connectivity index (χ1n) is 5.21. The molecular formula is C12H6ClN3O3S. The molecular weight excluding hydrogens is 302 g/mol. The number of carbonyl (C=O) groups excluding carboxylic acids is 1. The molecule has 0 aliphatic heterocycles. The highest BCUT2D eigenvalue weighted by Gasteiger charge is 2.16. The summed E-state index contributed by atoms with van der Waals surface area (Å²) in [5.41, 5.74) is 0.412. The lowest BCUT2D eigenvalue weighted by Gasteiger charge is -2.05. The number of rotatable bonds is 3. The van der Waals surface area contributed by atoms with E-state index in [1.165, 1.54) is 23.6 Å². The van der Waals surface area contributed by atoms with E-state index >= 15 is 0 Å². The zero-order valence-corrected chi connectivity index (χ0v) is 11.3. The molecule has 0 fully saturated rings. The molecule has 1 aromatic heterocycles. The number of carboxylic acids is 1. The van der Waals surface area contributed by atoms with Crippen molar-refractivity contribution in [2.24, 2.45) is 0 Å². The molecule has 2 aromatic rings. The van der Waals surface area contributed by atoms with Gasteiger partial charge in [-0.3, -0.25) is 4.79 Å². The van der Waals surface area contributed by atoms with Crippen LogP contribution in [0.15, 0.2) is 23.6 Å². The van der Waals surface area contributed by atoms with Crippen molar-refractivity contribution in [3.05, 3.63) is 44.9 Å². The molecule has 0 bridgehead atoms. The van der Waals surface area contributed by atoms with Crippen LogP contribution in [0.4, 0.5) is 5.69 Å². The van der Waals surface area contributed by atoms with Crippen LogP contribution < -0.4 is 5.32 Å². The number of nitriles is 1. The number of amides is 1. The minimum absolute atomic E-state index is 0.000766. The van der Waals surface area contributed by atoms with Crippen LogP contribution in [-0.4, -0.2) is 22.0 Å². The molecule has 0 saturated carbocycles. The fourth-order valence-electron chi connectivity index (χ4n) is 1.34. The van der Waals surface area contributed by atoms with E-state index in [0.717, 1.165) is 11.3 Å². The largest absolute Gasteiger partial charge is 0.476 e. The third kappa shape index (κ3) is 2.93. The van der Waals surface area contributed by atoms with Gasteiger partial charge in [0.05, 0.1) is 22.3 Å². The first-order valence-corrected chi connectivity index (χ1v) is 6.47. The third-order valence-corrected chi connectivity index (χ3v) is 3.43. The maximum Gasteiger partial charge on any atom is 0.355 e. The second-order valence-electron chi connectivity index (χ2n) is 3.60. The maximum atomic E-state index is 11.9. The first kappa shape index (κ1) is 14.0. The Balaban J connectivity index is 2.23. The van der Waals surface area contributed by atoms with Crippen LogP contribution in [0.3, 0.4) is 0 Å². The zero-order chi connectivity index (χ0) is 14.7. The number of nitrogens with one attached hydrogen (secondary N) is 1. The zero-order valence-electron chi connectivity index (χ0n) is 9.75. The molecule has 0 aliphatic carbocycles. The van der Waals surface area contributed by atoms with Crippen molar-refractivity contribution in [2.75, 3.05) is 5.32 Å². The molecule has 6 nitrogen and oxygen atoms in total. The van der Waals surface area contributed by atoms with E-state index in [0.29, 0.717) is 5.56 Å². The number of carbonyl (C=O) groups is 2. The summed E-state index contributed by atoms with van der Waals surface area (Å²) in [6.07, 6.45) is 0. The van der Waals surface area contributed by atoms with Crippen molar-refractivity contribution < 1.29 is 14.7 Å². The second kappa shape index (κ2) is 5.69. The Morgan fingerprint density at radius 2 is 2.20 bits per heavy atom. The first-order chi connectivity index (χ1) is 9.51. The van der Waals surface area contributed by atoms with Gasteiger partial charge in [0.15, 0.2) is 10.7 Å². The van der Waals surface area contributed by atoms with Crippen molar-refractivity contribution in [2.45, 2.75) is 0 Å². The number of hydrogen-bond donors (Lipinski definition) is 2. The minimum Gasteiger partial charge on any atom is -0.476 e. The molecule has 2 N–H and O–H groups in total. The summed E-state index contributed by atoms with van der Waals surface area (Å²) < 4.78 is 0. The van der Waals surface area contributed by atoms with Crippen LogP contribution in [0.5, 0.6) is 0 Å². The average Bonchev–Trinajstić information content (AvgIpc) is 2.91. The third-order valence-electron chi connectivity index (χ3n) is 2.26. The Morgan fingerprint density at radius 3 is 2.80 bits per heavy atom. The molecule has 0 saturated heterocycles. The van der Waals surface area contributed by atoms with E-state index in [2.05, 4.69) is 10.3 Å². The summed E-state index contributed by atoms with van der Waals surface area (Å²) in [6, 6.07) is 6.35. The fraction of sp³-hybridized carbons (Fsp3) is 0. The van der Waals surface area contributed by atoms with Gasteiger partial charge >= 0.3 is 5.97 Å². The molecule has 1 aromatic carbocycles.